The molecular weight excluding hydrogens is 370 g/mol. The van der Waals surface area contributed by atoms with E-state index in [9.17, 15) is 0 Å². The van der Waals surface area contributed by atoms with Crippen LogP contribution >= 0.6 is 11.6 Å². The largest absolute Gasteiger partial charge is 0.323 e. The number of benzene rings is 3. The maximum Gasteiger partial charge on any atom is 0.249 e. The molecule has 0 radical (unpaired) electrons. The molecule has 6 heteroatoms. The lowest BCUT2D eigenvalue weighted by Crippen LogP contribution is -2.18. The normalized spacial score (nSPS) is 10.5. The molecule has 4 rings (SSSR count). The highest BCUT2D eigenvalue weighted by Crippen LogP contribution is 2.26. The number of nitrogens with zero attached hydrogens (tertiary/aromatic N) is 4. The summed E-state index contributed by atoms with van der Waals surface area (Å²) in [5, 5.41) is 12.1. The number of rotatable bonds is 6. The van der Waals surface area contributed by atoms with Gasteiger partial charge in [0, 0.05) is 22.9 Å². The van der Waals surface area contributed by atoms with Crippen molar-refractivity contribution in [2.45, 2.75) is 6.54 Å². The molecule has 0 aliphatic carbocycles. The number of anilines is 4. The van der Waals surface area contributed by atoms with Crippen LogP contribution in [0, 0.1) is 0 Å². The van der Waals surface area contributed by atoms with Crippen molar-refractivity contribution >= 4 is 34.7 Å². The van der Waals surface area contributed by atoms with Gasteiger partial charge in [0.15, 0.2) is 5.82 Å². The van der Waals surface area contributed by atoms with Crippen LogP contribution in [0.15, 0.2) is 91.1 Å². The molecule has 0 bridgehead atoms. The molecule has 0 saturated carbocycles. The van der Waals surface area contributed by atoms with Crippen molar-refractivity contribution in [2.24, 2.45) is 0 Å². The van der Waals surface area contributed by atoms with Crippen LogP contribution in [-0.4, -0.2) is 15.2 Å². The summed E-state index contributed by atoms with van der Waals surface area (Å²) in [6.45, 7) is 0.671. The summed E-state index contributed by atoms with van der Waals surface area (Å²) in [6, 6.07) is 27.8. The van der Waals surface area contributed by atoms with Crippen LogP contribution in [-0.2, 0) is 6.54 Å². The van der Waals surface area contributed by atoms with Crippen LogP contribution < -0.4 is 10.2 Å². The number of nitrogens with one attached hydrogen (secondary N) is 1. The Morgan fingerprint density at radius 1 is 0.821 bits per heavy atom. The number of hydrogen-bond acceptors (Lipinski definition) is 5. The van der Waals surface area contributed by atoms with Gasteiger partial charge in [-0.2, -0.15) is 10.1 Å². The predicted molar refractivity (Wildman–Crippen MR) is 113 cm³/mol. The van der Waals surface area contributed by atoms with E-state index < -0.39 is 0 Å². The van der Waals surface area contributed by atoms with Crippen LogP contribution in [0.1, 0.15) is 5.56 Å². The molecule has 1 aromatic heterocycles. The van der Waals surface area contributed by atoms with Gasteiger partial charge in [0.05, 0.1) is 6.20 Å². The standard InChI is InChI=1S/C22H18ClN5/c23-18-11-13-19(14-12-18)25-22-26-21(15-24-27-22)28(20-9-5-2-6-10-20)16-17-7-3-1-4-8-17/h1-15H,16H2,(H,25,26,27). The lowest BCUT2D eigenvalue weighted by atomic mass is 10.2. The molecule has 0 spiro atoms. The average molecular weight is 388 g/mol. The Balaban J connectivity index is 1.65. The van der Waals surface area contributed by atoms with Gasteiger partial charge in [0.1, 0.15) is 0 Å². The van der Waals surface area contributed by atoms with Gasteiger partial charge in [0.2, 0.25) is 5.95 Å². The van der Waals surface area contributed by atoms with E-state index in [2.05, 4.69) is 49.7 Å². The van der Waals surface area contributed by atoms with Gasteiger partial charge < -0.3 is 10.2 Å². The molecule has 4 aromatic rings. The highest BCUT2D eigenvalue weighted by Gasteiger charge is 2.13. The molecule has 138 valence electrons. The molecule has 0 fully saturated rings. The predicted octanol–water partition coefficient (Wildman–Crippen LogP) is 5.61. The van der Waals surface area contributed by atoms with E-state index in [1.807, 2.05) is 60.7 Å². The second kappa shape index (κ2) is 8.50. The average Bonchev–Trinajstić information content (AvgIpc) is 2.75. The lowest BCUT2D eigenvalue weighted by molar-refractivity contribution is 0.900. The van der Waals surface area contributed by atoms with Crippen molar-refractivity contribution in [1.29, 1.82) is 0 Å². The zero-order chi connectivity index (χ0) is 19.2. The van der Waals surface area contributed by atoms with Crippen LogP contribution in [0.4, 0.5) is 23.1 Å². The van der Waals surface area contributed by atoms with E-state index >= 15 is 0 Å². The van der Waals surface area contributed by atoms with E-state index in [1.165, 1.54) is 5.56 Å². The first-order valence-electron chi connectivity index (χ1n) is 8.87. The van der Waals surface area contributed by atoms with Gasteiger partial charge in [-0.1, -0.05) is 60.1 Å². The van der Waals surface area contributed by atoms with Crippen molar-refractivity contribution in [3.05, 3.63) is 102 Å². The molecule has 0 amide bonds. The third-order valence-electron chi connectivity index (χ3n) is 4.17. The summed E-state index contributed by atoms with van der Waals surface area (Å²) in [4.78, 5) is 6.78. The Bertz CT molecular complexity index is 1020. The first-order chi connectivity index (χ1) is 13.8. The molecule has 5 nitrogen and oxygen atoms in total. The first-order valence-corrected chi connectivity index (χ1v) is 9.24. The van der Waals surface area contributed by atoms with Crippen molar-refractivity contribution in [3.63, 3.8) is 0 Å². The molecule has 3 aromatic carbocycles. The Morgan fingerprint density at radius 2 is 1.50 bits per heavy atom. The Hall–Kier alpha value is -3.44. The summed E-state index contributed by atoms with van der Waals surface area (Å²) in [6.07, 6.45) is 1.67. The van der Waals surface area contributed by atoms with Gasteiger partial charge in [-0.15, -0.1) is 5.10 Å². The molecule has 0 aliphatic rings. The maximum absolute atomic E-state index is 5.95. The van der Waals surface area contributed by atoms with Crippen LogP contribution in [0.2, 0.25) is 5.02 Å². The SMILES string of the molecule is Clc1ccc(Nc2nncc(N(Cc3ccccc3)c3ccccc3)n2)cc1. The van der Waals surface area contributed by atoms with E-state index in [0.717, 1.165) is 11.4 Å². The van der Waals surface area contributed by atoms with E-state index in [0.29, 0.717) is 23.3 Å². The fourth-order valence-corrected chi connectivity index (χ4v) is 2.94. The summed E-state index contributed by atoms with van der Waals surface area (Å²) < 4.78 is 0. The first kappa shape index (κ1) is 17.9. The van der Waals surface area contributed by atoms with Gasteiger partial charge in [-0.05, 0) is 42.0 Å². The molecule has 0 aliphatic heterocycles. The van der Waals surface area contributed by atoms with Gasteiger partial charge in [0.25, 0.3) is 0 Å². The maximum atomic E-state index is 5.95. The minimum atomic E-state index is 0.425. The number of para-hydroxylation sites is 1. The van der Waals surface area contributed by atoms with E-state index in [1.54, 1.807) is 6.20 Å². The second-order valence-electron chi connectivity index (χ2n) is 6.18. The van der Waals surface area contributed by atoms with Crippen molar-refractivity contribution in [2.75, 3.05) is 10.2 Å². The smallest absolute Gasteiger partial charge is 0.249 e. The van der Waals surface area contributed by atoms with Crippen molar-refractivity contribution < 1.29 is 0 Å². The van der Waals surface area contributed by atoms with Gasteiger partial charge in [-0.3, -0.25) is 0 Å². The Kier molecular flexibility index (Phi) is 5.45. The van der Waals surface area contributed by atoms with Crippen LogP contribution in [0.3, 0.4) is 0 Å². The van der Waals surface area contributed by atoms with Crippen LogP contribution in [0.5, 0.6) is 0 Å². The Morgan fingerprint density at radius 3 is 2.21 bits per heavy atom. The van der Waals surface area contributed by atoms with Gasteiger partial charge in [-0.25, -0.2) is 0 Å². The second-order valence-corrected chi connectivity index (χ2v) is 6.61. The molecule has 1 N–H and O–H groups in total. The topological polar surface area (TPSA) is 53.9 Å². The van der Waals surface area contributed by atoms with Crippen molar-refractivity contribution in [3.8, 4) is 0 Å². The Labute approximate surface area is 168 Å². The number of aromatic nitrogens is 3. The summed E-state index contributed by atoms with van der Waals surface area (Å²) >= 11 is 5.95. The zero-order valence-corrected chi connectivity index (χ0v) is 15.8. The lowest BCUT2D eigenvalue weighted by Gasteiger charge is -2.24. The van der Waals surface area contributed by atoms with E-state index in [-0.39, 0.29) is 0 Å². The quantitative estimate of drug-likeness (QED) is 0.466. The number of halogens is 1. The molecule has 0 atom stereocenters. The summed E-state index contributed by atoms with van der Waals surface area (Å²) in [5.41, 5.74) is 3.05. The summed E-state index contributed by atoms with van der Waals surface area (Å²) in [7, 11) is 0. The third-order valence-corrected chi connectivity index (χ3v) is 4.43. The highest BCUT2D eigenvalue weighted by molar-refractivity contribution is 6.30. The third kappa shape index (κ3) is 4.45. The molecular formula is C22H18ClN5. The molecule has 0 saturated heterocycles. The number of hydrogen-bond donors (Lipinski definition) is 1. The molecule has 0 unspecified atom stereocenters. The minimum Gasteiger partial charge on any atom is -0.323 e. The fraction of sp³-hybridized carbons (Fsp3) is 0.0455. The van der Waals surface area contributed by atoms with E-state index in [4.69, 9.17) is 11.6 Å². The molecule has 1 heterocycles. The monoisotopic (exact) mass is 387 g/mol. The minimum absolute atomic E-state index is 0.425. The van der Waals surface area contributed by atoms with Crippen molar-refractivity contribution in [1.82, 2.24) is 15.2 Å². The summed E-state index contributed by atoms with van der Waals surface area (Å²) in [5.74, 6) is 1.13. The highest BCUT2D eigenvalue weighted by atomic mass is 35.5. The van der Waals surface area contributed by atoms with Crippen LogP contribution in [0.25, 0.3) is 0 Å². The zero-order valence-electron chi connectivity index (χ0n) is 15.0. The van der Waals surface area contributed by atoms with Gasteiger partial charge >= 0.3 is 0 Å². The fourth-order valence-electron chi connectivity index (χ4n) is 2.82. The molecule has 28 heavy (non-hydrogen) atoms.